The van der Waals surface area contributed by atoms with E-state index in [-0.39, 0.29) is 59.6 Å². The average molecular weight is 716 g/mol. The normalized spacial score (nSPS) is 23.3. The van der Waals surface area contributed by atoms with Crippen LogP contribution in [0.3, 0.4) is 0 Å². The second-order valence-corrected chi connectivity index (χ2v) is 14.4. The predicted octanol–water partition coefficient (Wildman–Crippen LogP) is 6.03. The molecule has 0 spiro atoms. The molecule has 2 aromatic carbocycles. The number of benzene rings is 2. The zero-order valence-corrected chi connectivity index (χ0v) is 29.3. The Bertz CT molecular complexity index is 2220. The van der Waals surface area contributed by atoms with E-state index in [4.69, 9.17) is 14.5 Å². The first-order valence-corrected chi connectivity index (χ1v) is 17.7. The molecule has 0 bridgehead atoms. The zero-order chi connectivity index (χ0) is 36.4. The van der Waals surface area contributed by atoms with E-state index < -0.39 is 28.8 Å². The van der Waals surface area contributed by atoms with Gasteiger partial charge in [0.25, 0.3) is 5.91 Å². The third-order valence-electron chi connectivity index (χ3n) is 11.1. The van der Waals surface area contributed by atoms with Gasteiger partial charge in [-0.25, -0.2) is 17.9 Å². The quantitative estimate of drug-likeness (QED) is 0.194. The summed E-state index contributed by atoms with van der Waals surface area (Å²) in [6, 6.07) is 7.41. The van der Waals surface area contributed by atoms with Crippen LogP contribution >= 0.6 is 0 Å². The summed E-state index contributed by atoms with van der Waals surface area (Å²) in [5, 5.41) is 16.3. The molecule has 3 aromatic heterocycles. The van der Waals surface area contributed by atoms with Crippen molar-refractivity contribution in [2.45, 2.75) is 57.7 Å². The topological polar surface area (TPSA) is 119 Å². The monoisotopic (exact) mass is 715 g/mol. The molecule has 8 rings (SSSR count). The predicted molar refractivity (Wildman–Crippen MR) is 189 cm³/mol. The number of anilines is 1. The van der Waals surface area contributed by atoms with Crippen molar-refractivity contribution < 1.29 is 32.5 Å². The molecule has 3 saturated heterocycles. The van der Waals surface area contributed by atoms with E-state index in [0.717, 1.165) is 19.4 Å². The van der Waals surface area contributed by atoms with Gasteiger partial charge in [-0.05, 0) is 79.8 Å². The van der Waals surface area contributed by atoms with Crippen LogP contribution in [0.4, 0.5) is 19.0 Å². The molecule has 1 N–H and O–H groups in total. The number of carbonyl (C=O) groups is 1. The van der Waals surface area contributed by atoms with Gasteiger partial charge >= 0.3 is 6.01 Å². The van der Waals surface area contributed by atoms with Gasteiger partial charge in [-0.3, -0.25) is 14.7 Å². The van der Waals surface area contributed by atoms with Crippen molar-refractivity contribution in [2.24, 2.45) is 5.41 Å². The van der Waals surface area contributed by atoms with Crippen LogP contribution in [0.1, 0.15) is 48.7 Å². The molecule has 3 aliphatic rings. The van der Waals surface area contributed by atoms with E-state index in [0.29, 0.717) is 60.2 Å². The number of methoxy groups -OCH3 is 1. The summed E-state index contributed by atoms with van der Waals surface area (Å²) in [6.45, 7) is 5.53. The highest BCUT2D eigenvalue weighted by Gasteiger charge is 2.50. The summed E-state index contributed by atoms with van der Waals surface area (Å²) in [6.07, 6.45) is 4.87. The van der Waals surface area contributed by atoms with Crippen LogP contribution in [0.25, 0.3) is 32.9 Å². The van der Waals surface area contributed by atoms with E-state index in [1.165, 1.54) is 36.2 Å². The van der Waals surface area contributed by atoms with Gasteiger partial charge in [-0.1, -0.05) is 13.0 Å². The Morgan fingerprint density at radius 1 is 1.12 bits per heavy atom. The SMILES string of the molecule is CCc1c(F)ccc2cc(O)cc(-c3ncc4c(N5CCC(COC)(C(=O)n6ccc(C)n6)C5)nc(OC[C@@]56CCCN5C[C@H](F)C6)nc4c3F)c12. The summed E-state index contributed by atoms with van der Waals surface area (Å²) in [5.74, 6) is -1.29. The summed E-state index contributed by atoms with van der Waals surface area (Å²) >= 11 is 0. The number of aromatic nitrogens is 5. The Labute approximate surface area is 298 Å². The maximum absolute atomic E-state index is 17.1. The number of carbonyl (C=O) groups excluding carboxylic acids is 1. The molecule has 3 fully saturated rings. The molecular formula is C38H40F3N7O4. The lowest BCUT2D eigenvalue weighted by molar-refractivity contribution is 0.0483. The Balaban J connectivity index is 1.26. The highest BCUT2D eigenvalue weighted by Crippen LogP contribution is 2.43. The van der Waals surface area contributed by atoms with Crippen LogP contribution in [-0.4, -0.2) is 98.9 Å². The van der Waals surface area contributed by atoms with Crippen LogP contribution in [0.5, 0.6) is 11.8 Å². The smallest absolute Gasteiger partial charge is 0.319 e. The number of fused-ring (bicyclic) bond motifs is 3. The number of phenolic OH excluding ortho intramolecular Hbond substituents is 1. The van der Waals surface area contributed by atoms with E-state index in [1.54, 1.807) is 32.2 Å². The van der Waals surface area contributed by atoms with Crippen molar-refractivity contribution in [3.63, 3.8) is 0 Å². The lowest BCUT2D eigenvalue weighted by Gasteiger charge is -2.31. The molecule has 52 heavy (non-hydrogen) atoms. The Hall–Kier alpha value is -4.82. The van der Waals surface area contributed by atoms with Crippen molar-refractivity contribution in [3.05, 3.63) is 65.6 Å². The number of nitrogens with zero attached hydrogens (tertiary/aromatic N) is 7. The number of phenols is 1. The van der Waals surface area contributed by atoms with Gasteiger partial charge < -0.3 is 19.5 Å². The second kappa shape index (κ2) is 13.0. The van der Waals surface area contributed by atoms with Crippen molar-refractivity contribution in [2.75, 3.05) is 51.4 Å². The first kappa shape index (κ1) is 34.3. The fourth-order valence-corrected chi connectivity index (χ4v) is 8.65. The van der Waals surface area contributed by atoms with E-state index >= 15 is 8.78 Å². The van der Waals surface area contributed by atoms with Gasteiger partial charge in [0.05, 0.1) is 28.6 Å². The molecule has 272 valence electrons. The molecule has 0 radical (unpaired) electrons. The maximum Gasteiger partial charge on any atom is 0.319 e. The van der Waals surface area contributed by atoms with Crippen LogP contribution in [0, 0.1) is 24.0 Å². The summed E-state index contributed by atoms with van der Waals surface area (Å²) in [4.78, 5) is 31.8. The van der Waals surface area contributed by atoms with Gasteiger partial charge in [0.1, 0.15) is 41.4 Å². The number of halogens is 3. The molecule has 3 aliphatic heterocycles. The number of aromatic hydroxyl groups is 1. The molecule has 3 atom stereocenters. The molecule has 0 amide bonds. The third kappa shape index (κ3) is 5.63. The summed E-state index contributed by atoms with van der Waals surface area (Å²) in [5.41, 5.74) is -0.419. The van der Waals surface area contributed by atoms with E-state index in [9.17, 15) is 14.3 Å². The molecule has 5 aromatic rings. The molecular weight excluding hydrogens is 675 g/mol. The number of alkyl halides is 1. The van der Waals surface area contributed by atoms with Gasteiger partial charge in [-0.15, -0.1) is 0 Å². The standard InChI is InChI=1S/C38H40F3N7O4/c1-4-26-29(40)7-6-23-14-25(49)15-27(30(23)26)32-31(41)33-28(17-42-32)34(44-36(43-33)52-21-38-9-5-11-47(38)18-24(39)16-38)46-13-10-37(19-46,20-51-3)35(50)48-12-8-22(2)45-48/h6-8,12,14-15,17,24,49H,4-5,9-11,13,16,18-21H2,1-3H3/t24-,37?,38+/m1/s1. The first-order chi connectivity index (χ1) is 25.0. The lowest BCUT2D eigenvalue weighted by Crippen LogP contribution is -2.43. The molecule has 11 nitrogen and oxygen atoms in total. The van der Waals surface area contributed by atoms with Crippen LogP contribution in [0.15, 0.2) is 42.7 Å². The molecule has 0 aliphatic carbocycles. The fraction of sp³-hybridized carbons (Fsp3) is 0.447. The number of pyridine rings is 1. The number of aryl methyl sites for hydroxylation is 2. The number of rotatable bonds is 9. The minimum atomic E-state index is -0.984. The Kier molecular flexibility index (Phi) is 8.56. The van der Waals surface area contributed by atoms with Crippen LogP contribution in [-0.2, 0) is 11.2 Å². The molecule has 1 unspecified atom stereocenters. The number of hydrogen-bond donors (Lipinski definition) is 1. The second-order valence-electron chi connectivity index (χ2n) is 14.4. The lowest BCUT2D eigenvalue weighted by atomic mass is 9.87. The molecule has 14 heteroatoms. The Morgan fingerprint density at radius 2 is 1.96 bits per heavy atom. The summed E-state index contributed by atoms with van der Waals surface area (Å²) < 4.78 is 60.0. The third-order valence-corrected chi connectivity index (χ3v) is 11.1. The van der Waals surface area contributed by atoms with Crippen molar-refractivity contribution in [1.29, 1.82) is 0 Å². The van der Waals surface area contributed by atoms with Gasteiger partial charge in [0.2, 0.25) is 0 Å². The summed E-state index contributed by atoms with van der Waals surface area (Å²) in [7, 11) is 1.54. The molecule has 0 saturated carbocycles. The average Bonchev–Trinajstić information content (AvgIpc) is 3.91. The maximum atomic E-state index is 17.1. The highest BCUT2D eigenvalue weighted by molar-refractivity contribution is 6.02. The van der Waals surface area contributed by atoms with Crippen LogP contribution in [0.2, 0.25) is 0 Å². The van der Waals surface area contributed by atoms with Crippen LogP contribution < -0.4 is 9.64 Å². The minimum Gasteiger partial charge on any atom is -0.508 e. The number of ether oxygens (including phenoxy) is 2. The van der Waals surface area contributed by atoms with Gasteiger partial charge in [0, 0.05) is 51.1 Å². The van der Waals surface area contributed by atoms with Gasteiger partial charge in [0.15, 0.2) is 5.82 Å². The van der Waals surface area contributed by atoms with E-state index in [2.05, 4.69) is 20.0 Å². The minimum absolute atomic E-state index is 0.0928. The first-order valence-electron chi connectivity index (χ1n) is 17.7. The van der Waals surface area contributed by atoms with Crippen molar-refractivity contribution in [1.82, 2.24) is 29.6 Å². The van der Waals surface area contributed by atoms with Crippen molar-refractivity contribution in [3.8, 4) is 23.0 Å². The van der Waals surface area contributed by atoms with Gasteiger partial charge in [-0.2, -0.15) is 15.1 Å². The number of hydrogen-bond acceptors (Lipinski definition) is 10. The van der Waals surface area contributed by atoms with Crippen molar-refractivity contribution >= 4 is 33.4 Å². The Morgan fingerprint density at radius 3 is 2.73 bits per heavy atom. The zero-order valence-electron chi connectivity index (χ0n) is 29.3. The van der Waals surface area contributed by atoms with E-state index in [1.807, 2.05) is 4.90 Å². The largest absolute Gasteiger partial charge is 0.508 e. The molecule has 6 heterocycles. The highest BCUT2D eigenvalue weighted by atomic mass is 19.1. The fourth-order valence-electron chi connectivity index (χ4n) is 8.65.